The van der Waals surface area contributed by atoms with Crippen molar-refractivity contribution in [2.45, 2.75) is 18.9 Å². The van der Waals surface area contributed by atoms with Gasteiger partial charge in [-0.3, -0.25) is 19.8 Å². The Hall–Kier alpha value is -3.30. The van der Waals surface area contributed by atoms with E-state index >= 15 is 0 Å². The van der Waals surface area contributed by atoms with E-state index < -0.39 is 29.4 Å². The third-order valence-corrected chi connectivity index (χ3v) is 4.27. The van der Waals surface area contributed by atoms with Crippen molar-refractivity contribution >= 4 is 23.9 Å². The number of hydrogen-bond donors (Lipinski definition) is 3. The minimum absolute atomic E-state index is 0.0996. The maximum absolute atomic E-state index is 12.8. The van der Waals surface area contributed by atoms with Gasteiger partial charge in [-0.15, -0.1) is 0 Å². The molecule has 6 amide bonds. The van der Waals surface area contributed by atoms with E-state index in [4.69, 9.17) is 9.47 Å². The number of urea groups is 2. The summed E-state index contributed by atoms with van der Waals surface area (Å²) in [5, 5.41) is 6.96. The first-order valence-electron chi connectivity index (χ1n) is 7.91. The van der Waals surface area contributed by atoms with Gasteiger partial charge in [-0.25, -0.2) is 9.59 Å². The van der Waals surface area contributed by atoms with Gasteiger partial charge in [0.1, 0.15) is 5.54 Å². The number of rotatable bonds is 4. The van der Waals surface area contributed by atoms with Gasteiger partial charge in [-0.2, -0.15) is 0 Å². The quantitative estimate of drug-likeness (QED) is 0.649. The molecule has 0 unspecified atom stereocenters. The van der Waals surface area contributed by atoms with Gasteiger partial charge < -0.3 is 20.1 Å². The van der Waals surface area contributed by atoms with Gasteiger partial charge in [0.15, 0.2) is 11.5 Å². The van der Waals surface area contributed by atoms with Gasteiger partial charge in [-0.05, 0) is 24.6 Å². The number of hydrogen-bond acceptors (Lipinski definition) is 6. The highest BCUT2D eigenvalue weighted by molar-refractivity contribution is 6.07. The zero-order valence-electron chi connectivity index (χ0n) is 14.3. The van der Waals surface area contributed by atoms with Crippen LogP contribution in [0.5, 0.6) is 11.5 Å². The zero-order valence-corrected chi connectivity index (χ0v) is 14.3. The molecule has 10 nitrogen and oxygen atoms in total. The topological polar surface area (TPSA) is 126 Å². The first-order chi connectivity index (χ1) is 12.3. The molecule has 0 aliphatic carbocycles. The predicted molar refractivity (Wildman–Crippen MR) is 87.4 cm³/mol. The average molecular weight is 362 g/mol. The van der Waals surface area contributed by atoms with E-state index in [1.54, 1.807) is 25.1 Å². The Morgan fingerprint density at radius 1 is 1.27 bits per heavy atom. The van der Waals surface area contributed by atoms with Crippen LogP contribution in [-0.2, 0) is 15.1 Å². The summed E-state index contributed by atoms with van der Waals surface area (Å²) in [6.45, 7) is 1.53. The number of carbonyl (C=O) groups excluding carboxylic acids is 4. The molecule has 138 valence electrons. The summed E-state index contributed by atoms with van der Waals surface area (Å²) in [6.07, 6.45) is -0.191. The van der Waals surface area contributed by atoms with E-state index in [0.29, 0.717) is 17.1 Å². The lowest BCUT2D eigenvalue weighted by atomic mass is 9.91. The lowest BCUT2D eigenvalue weighted by Crippen LogP contribution is -2.42. The van der Waals surface area contributed by atoms with E-state index in [2.05, 4.69) is 16.0 Å². The predicted octanol–water partition coefficient (Wildman–Crippen LogP) is 0.0280. The molecule has 1 atom stereocenters. The summed E-state index contributed by atoms with van der Waals surface area (Å²) >= 11 is 0. The van der Waals surface area contributed by atoms with Crippen molar-refractivity contribution < 1.29 is 28.7 Å². The van der Waals surface area contributed by atoms with E-state index in [0.717, 1.165) is 4.90 Å². The molecule has 2 aliphatic rings. The summed E-state index contributed by atoms with van der Waals surface area (Å²) in [7, 11) is 1.37. The molecule has 2 heterocycles. The Kier molecular flexibility index (Phi) is 4.41. The smallest absolute Gasteiger partial charge is 0.325 e. The van der Waals surface area contributed by atoms with Crippen LogP contribution in [0, 0.1) is 0 Å². The largest absolute Gasteiger partial charge is 0.454 e. The lowest BCUT2D eigenvalue weighted by Gasteiger charge is -2.22. The first kappa shape index (κ1) is 17.5. The monoisotopic (exact) mass is 362 g/mol. The van der Waals surface area contributed by atoms with Gasteiger partial charge in [0.2, 0.25) is 12.7 Å². The van der Waals surface area contributed by atoms with Gasteiger partial charge in [0.25, 0.3) is 5.91 Å². The van der Waals surface area contributed by atoms with Crippen molar-refractivity contribution in [3.8, 4) is 11.5 Å². The highest BCUT2D eigenvalue weighted by Gasteiger charge is 2.49. The van der Waals surface area contributed by atoms with Crippen molar-refractivity contribution in [2.24, 2.45) is 0 Å². The molecule has 2 aliphatic heterocycles. The van der Waals surface area contributed by atoms with Gasteiger partial charge in [-0.1, -0.05) is 6.07 Å². The van der Waals surface area contributed by atoms with Crippen molar-refractivity contribution in [3.05, 3.63) is 23.8 Å². The third kappa shape index (κ3) is 3.01. The van der Waals surface area contributed by atoms with Crippen LogP contribution in [0.15, 0.2) is 18.2 Å². The molecule has 10 heteroatoms. The van der Waals surface area contributed by atoms with Crippen LogP contribution >= 0.6 is 0 Å². The number of benzene rings is 1. The molecule has 0 aromatic heterocycles. The minimum atomic E-state index is -1.28. The molecular formula is C16H18N4O6. The highest BCUT2D eigenvalue weighted by Crippen LogP contribution is 2.37. The first-order valence-corrected chi connectivity index (χ1v) is 7.91. The van der Waals surface area contributed by atoms with Crippen LogP contribution < -0.4 is 25.4 Å². The fourth-order valence-electron chi connectivity index (χ4n) is 2.77. The van der Waals surface area contributed by atoms with E-state index in [9.17, 15) is 19.2 Å². The van der Waals surface area contributed by atoms with Gasteiger partial charge >= 0.3 is 12.1 Å². The molecule has 0 radical (unpaired) electrons. The molecule has 0 saturated carbocycles. The molecule has 3 N–H and O–H groups in total. The minimum Gasteiger partial charge on any atom is -0.454 e. The molecule has 1 aromatic rings. The lowest BCUT2D eigenvalue weighted by molar-refractivity contribution is -0.131. The fourth-order valence-corrected chi connectivity index (χ4v) is 2.77. The summed E-state index contributed by atoms with van der Waals surface area (Å²) in [6, 6.07) is 3.72. The van der Waals surface area contributed by atoms with Crippen LogP contribution in [-0.4, -0.2) is 49.2 Å². The number of nitrogens with one attached hydrogen (secondary N) is 3. The van der Waals surface area contributed by atoms with Gasteiger partial charge in [0.05, 0.1) is 0 Å². The molecule has 1 fully saturated rings. The molecule has 26 heavy (non-hydrogen) atoms. The molecule has 0 bridgehead atoms. The Balaban J connectivity index is 1.72. The number of fused-ring (bicyclic) bond motifs is 1. The highest BCUT2D eigenvalue weighted by atomic mass is 16.7. The summed E-state index contributed by atoms with van der Waals surface area (Å²) in [4.78, 5) is 48.7. The van der Waals surface area contributed by atoms with E-state index in [-0.39, 0.29) is 19.8 Å². The Labute approximate surface area is 148 Å². The second kappa shape index (κ2) is 6.54. The SMILES string of the molecule is CNC(=O)NC(=O)CCN1C(=O)N[C@](C)(c2ccc3c(c2)OCO3)C1=O. The molecule has 1 aromatic carbocycles. The van der Waals surface area contributed by atoms with Crippen LogP contribution in [0.1, 0.15) is 18.9 Å². The Bertz CT molecular complexity index is 795. The van der Waals surface area contributed by atoms with Crippen molar-refractivity contribution in [1.29, 1.82) is 0 Å². The molecule has 0 spiro atoms. The van der Waals surface area contributed by atoms with Crippen molar-refractivity contribution in [1.82, 2.24) is 20.9 Å². The average Bonchev–Trinajstić information content (AvgIpc) is 3.16. The maximum atomic E-state index is 12.8. The standard InChI is InChI=1S/C16H18N4O6/c1-16(9-3-4-10-11(7-9)26-8-25-10)13(22)20(15(24)19-16)6-5-12(21)18-14(23)17-2/h3-4,7H,5-6,8H2,1-2H3,(H,19,24)(H2,17,18,21,23)/t16-/m1/s1. The molecule has 1 saturated heterocycles. The third-order valence-electron chi connectivity index (χ3n) is 4.27. The van der Waals surface area contributed by atoms with Crippen molar-refractivity contribution in [2.75, 3.05) is 20.4 Å². The van der Waals surface area contributed by atoms with Crippen LogP contribution in [0.4, 0.5) is 9.59 Å². The van der Waals surface area contributed by atoms with Crippen LogP contribution in [0.25, 0.3) is 0 Å². The Morgan fingerprint density at radius 3 is 2.73 bits per heavy atom. The van der Waals surface area contributed by atoms with E-state index in [1.165, 1.54) is 7.05 Å². The van der Waals surface area contributed by atoms with Gasteiger partial charge in [0, 0.05) is 20.0 Å². The maximum Gasteiger partial charge on any atom is 0.325 e. The normalized spacial score (nSPS) is 20.8. The zero-order chi connectivity index (χ0) is 18.9. The van der Waals surface area contributed by atoms with Crippen LogP contribution in [0.2, 0.25) is 0 Å². The van der Waals surface area contributed by atoms with Crippen molar-refractivity contribution in [3.63, 3.8) is 0 Å². The summed E-state index contributed by atoms with van der Waals surface area (Å²) in [5.41, 5.74) is -0.743. The van der Waals surface area contributed by atoms with E-state index in [1.807, 2.05) is 0 Å². The summed E-state index contributed by atoms with van der Waals surface area (Å²) in [5.74, 6) is -0.0261. The fraction of sp³-hybridized carbons (Fsp3) is 0.375. The Morgan fingerprint density at radius 2 is 2.00 bits per heavy atom. The number of imide groups is 2. The second-order valence-electron chi connectivity index (χ2n) is 5.96. The van der Waals surface area contributed by atoms with Crippen LogP contribution in [0.3, 0.4) is 0 Å². The number of carbonyl (C=O) groups is 4. The number of ether oxygens (including phenoxy) is 2. The second-order valence-corrected chi connectivity index (χ2v) is 5.96. The number of nitrogens with zero attached hydrogens (tertiary/aromatic N) is 1. The number of amides is 6. The molecule has 3 rings (SSSR count). The molecular weight excluding hydrogens is 344 g/mol. The summed E-state index contributed by atoms with van der Waals surface area (Å²) < 4.78 is 10.6.